The molecule has 0 unspecified atom stereocenters. The van der Waals surface area contributed by atoms with E-state index in [2.05, 4.69) is 149 Å². The van der Waals surface area contributed by atoms with Crippen LogP contribution in [0.1, 0.15) is 0 Å². The van der Waals surface area contributed by atoms with Gasteiger partial charge in [-0.3, -0.25) is 4.57 Å². The molecule has 0 saturated carbocycles. The minimum atomic E-state index is 0.657. The van der Waals surface area contributed by atoms with Crippen molar-refractivity contribution in [1.29, 1.82) is 0 Å². The fourth-order valence-corrected chi connectivity index (χ4v) is 8.66. The summed E-state index contributed by atoms with van der Waals surface area (Å²) in [4.78, 5) is 10.5. The van der Waals surface area contributed by atoms with Gasteiger partial charge in [-0.05, 0) is 52.6 Å². The zero-order valence-corrected chi connectivity index (χ0v) is 27.2. The van der Waals surface area contributed by atoms with Gasteiger partial charge < -0.3 is 8.98 Å². The molecule has 0 saturated heterocycles. The van der Waals surface area contributed by atoms with Gasteiger partial charge in [0.15, 0.2) is 5.58 Å². The molecule has 5 heteroatoms. The second-order valence-electron chi connectivity index (χ2n) is 13.3. The average Bonchev–Trinajstić information content (AvgIpc) is 3.85. The number of hydrogen-bond donors (Lipinski definition) is 0. The first-order chi connectivity index (χ1) is 25.3. The third-order valence-electron chi connectivity index (χ3n) is 10.8. The fourth-order valence-electron chi connectivity index (χ4n) is 8.66. The van der Waals surface area contributed by atoms with Gasteiger partial charge in [-0.15, -0.1) is 0 Å². The Hall–Kier alpha value is -6.98. The molecular weight excluding hydrogens is 625 g/mol. The Morgan fingerprint density at radius 1 is 0.392 bits per heavy atom. The largest absolute Gasteiger partial charge is 0.454 e. The molecule has 0 spiro atoms. The summed E-state index contributed by atoms with van der Waals surface area (Å²) in [5.41, 5.74) is 8.14. The Bertz CT molecular complexity index is 3400. The molecule has 5 nitrogen and oxygen atoms in total. The van der Waals surface area contributed by atoms with E-state index >= 15 is 0 Å². The monoisotopic (exact) mass is 650 g/mol. The topological polar surface area (TPSA) is 48.8 Å². The van der Waals surface area contributed by atoms with E-state index in [4.69, 9.17) is 14.4 Å². The van der Waals surface area contributed by atoms with Crippen LogP contribution < -0.4 is 0 Å². The second kappa shape index (κ2) is 9.80. The summed E-state index contributed by atoms with van der Waals surface area (Å²) >= 11 is 0. The first kappa shape index (κ1) is 26.9. The van der Waals surface area contributed by atoms with E-state index < -0.39 is 0 Å². The first-order valence-corrected chi connectivity index (χ1v) is 17.3. The molecule has 0 radical (unpaired) electrons. The molecule has 12 rings (SSSR count). The fraction of sp³-hybridized carbons (Fsp3) is 0. The molecule has 4 heterocycles. The zero-order chi connectivity index (χ0) is 33.2. The maximum absolute atomic E-state index is 6.58. The molecule has 8 aromatic carbocycles. The maximum Gasteiger partial charge on any atom is 0.235 e. The van der Waals surface area contributed by atoms with Crippen molar-refractivity contribution in [2.24, 2.45) is 0 Å². The zero-order valence-electron chi connectivity index (χ0n) is 27.2. The van der Waals surface area contributed by atoms with Crippen LogP contribution in [0.5, 0.6) is 0 Å². The van der Waals surface area contributed by atoms with E-state index in [0.717, 1.165) is 76.8 Å². The Morgan fingerprint density at radius 2 is 0.922 bits per heavy atom. The molecule has 0 aliphatic carbocycles. The van der Waals surface area contributed by atoms with Crippen molar-refractivity contribution in [2.75, 3.05) is 0 Å². The lowest BCUT2D eigenvalue weighted by Gasteiger charge is -2.12. The average molecular weight is 651 g/mol. The summed E-state index contributed by atoms with van der Waals surface area (Å²) in [6, 6.07) is 53.7. The summed E-state index contributed by atoms with van der Waals surface area (Å²) in [5.74, 6) is 0.657. The lowest BCUT2D eigenvalue weighted by molar-refractivity contribution is 0.666. The summed E-state index contributed by atoms with van der Waals surface area (Å²) in [5, 5.41) is 12.7. The molecule has 0 atom stereocenters. The van der Waals surface area contributed by atoms with Gasteiger partial charge in [-0.25, -0.2) is 9.97 Å². The van der Waals surface area contributed by atoms with Crippen LogP contribution in [0, 0.1) is 0 Å². The smallest absolute Gasteiger partial charge is 0.235 e. The van der Waals surface area contributed by atoms with Crippen LogP contribution in [0.3, 0.4) is 0 Å². The summed E-state index contributed by atoms with van der Waals surface area (Å²) in [7, 11) is 0. The van der Waals surface area contributed by atoms with E-state index in [1.807, 2.05) is 18.3 Å². The maximum atomic E-state index is 6.58. The summed E-state index contributed by atoms with van der Waals surface area (Å²) in [6.07, 6.45) is 2.01. The van der Waals surface area contributed by atoms with Crippen LogP contribution in [-0.4, -0.2) is 19.1 Å². The second-order valence-corrected chi connectivity index (χ2v) is 13.3. The number of rotatable bonds is 2. The molecule has 236 valence electrons. The highest BCUT2D eigenvalue weighted by Gasteiger charge is 2.23. The van der Waals surface area contributed by atoms with Gasteiger partial charge in [0.1, 0.15) is 5.58 Å². The van der Waals surface area contributed by atoms with Crippen LogP contribution >= 0.6 is 0 Å². The van der Waals surface area contributed by atoms with E-state index in [9.17, 15) is 0 Å². The molecule has 0 N–H and O–H groups in total. The van der Waals surface area contributed by atoms with Crippen molar-refractivity contribution in [3.8, 4) is 11.6 Å². The van der Waals surface area contributed by atoms with E-state index in [-0.39, 0.29) is 0 Å². The van der Waals surface area contributed by atoms with Crippen LogP contribution in [0.2, 0.25) is 0 Å². The predicted octanol–water partition coefficient (Wildman–Crippen LogP) is 12.0. The van der Waals surface area contributed by atoms with E-state index in [1.165, 1.54) is 26.9 Å². The van der Waals surface area contributed by atoms with Crippen LogP contribution in [0.25, 0.3) is 110 Å². The molecule has 0 aliphatic heterocycles. The molecular formula is C46H26N4O. The Kier molecular flexibility index (Phi) is 5.17. The Balaban J connectivity index is 1.20. The van der Waals surface area contributed by atoms with Crippen molar-refractivity contribution in [3.05, 3.63) is 158 Å². The summed E-state index contributed by atoms with van der Waals surface area (Å²) in [6.45, 7) is 0. The van der Waals surface area contributed by atoms with Gasteiger partial charge in [0.25, 0.3) is 0 Å². The van der Waals surface area contributed by atoms with Crippen molar-refractivity contribution < 1.29 is 4.42 Å². The van der Waals surface area contributed by atoms with Gasteiger partial charge in [-0.1, -0.05) is 115 Å². The molecule has 51 heavy (non-hydrogen) atoms. The van der Waals surface area contributed by atoms with Crippen molar-refractivity contribution in [1.82, 2.24) is 19.1 Å². The van der Waals surface area contributed by atoms with Crippen LogP contribution in [0.15, 0.2) is 162 Å². The Morgan fingerprint density at radius 3 is 1.65 bits per heavy atom. The highest BCUT2D eigenvalue weighted by molar-refractivity contribution is 6.29. The highest BCUT2D eigenvalue weighted by Crippen LogP contribution is 2.44. The highest BCUT2D eigenvalue weighted by atomic mass is 16.3. The van der Waals surface area contributed by atoms with E-state index in [1.54, 1.807) is 0 Å². The normalized spacial score (nSPS) is 12.3. The van der Waals surface area contributed by atoms with Gasteiger partial charge in [0.2, 0.25) is 5.95 Å². The molecule has 4 aromatic heterocycles. The van der Waals surface area contributed by atoms with Gasteiger partial charge in [0.05, 0.1) is 33.3 Å². The first-order valence-electron chi connectivity index (χ1n) is 17.3. The third-order valence-corrected chi connectivity index (χ3v) is 10.8. The molecule has 12 aromatic rings. The van der Waals surface area contributed by atoms with Crippen LogP contribution in [-0.2, 0) is 0 Å². The quantitative estimate of drug-likeness (QED) is 0.175. The standard InChI is InChI=1S/C46H26N4O/c1-2-14-29-27(12-1)28-13-3-4-16-31(28)44-35(29)26-47-46(48-44)50-37-21-9-6-18-34(37)43-39(50)25-24-38-42(43)33-17-5-8-20-36(33)49(38)40-22-11-19-32-30-15-7-10-23-41(30)51-45(32)40/h1-26H. The van der Waals surface area contributed by atoms with E-state index in [0.29, 0.717) is 5.95 Å². The number of benzene rings is 8. The predicted molar refractivity (Wildman–Crippen MR) is 211 cm³/mol. The van der Waals surface area contributed by atoms with Crippen molar-refractivity contribution >= 4 is 98.0 Å². The SMILES string of the molecule is c1ccc2c(c1)oc1c(-n3c4ccccc4c4c5c6ccccc6n(-c6ncc7c8ccccc8c8ccccc8c7n6)c5ccc43)cccc12. The number of hydrogen-bond acceptors (Lipinski definition) is 3. The number of aromatic nitrogens is 4. The molecule has 0 bridgehead atoms. The lowest BCUT2D eigenvalue weighted by Crippen LogP contribution is -2.01. The molecule has 0 fully saturated rings. The minimum Gasteiger partial charge on any atom is -0.454 e. The van der Waals surface area contributed by atoms with Gasteiger partial charge in [0, 0.05) is 49.3 Å². The Labute approximate surface area is 290 Å². The van der Waals surface area contributed by atoms with Crippen LogP contribution in [0.4, 0.5) is 0 Å². The number of para-hydroxylation sites is 4. The number of nitrogens with zero attached hydrogens (tertiary/aromatic N) is 4. The van der Waals surface area contributed by atoms with Crippen molar-refractivity contribution in [2.45, 2.75) is 0 Å². The van der Waals surface area contributed by atoms with Gasteiger partial charge >= 0.3 is 0 Å². The third kappa shape index (κ3) is 3.49. The number of fused-ring (bicyclic) bond motifs is 16. The van der Waals surface area contributed by atoms with Crippen molar-refractivity contribution in [3.63, 3.8) is 0 Å². The molecule has 0 amide bonds. The molecule has 0 aliphatic rings. The summed E-state index contributed by atoms with van der Waals surface area (Å²) < 4.78 is 11.2. The lowest BCUT2D eigenvalue weighted by atomic mass is 9.98. The minimum absolute atomic E-state index is 0.657. The van der Waals surface area contributed by atoms with Gasteiger partial charge in [-0.2, -0.15) is 0 Å². The number of furan rings is 1.